The molecule has 0 saturated carbocycles. The van der Waals surface area contributed by atoms with Crippen LogP contribution in [0.2, 0.25) is 0 Å². The highest BCUT2D eigenvalue weighted by molar-refractivity contribution is 7.80. The molecule has 0 heterocycles. The molecule has 136 valence electrons. The molecule has 0 aliphatic heterocycles. The van der Waals surface area contributed by atoms with E-state index in [1.165, 1.54) is 44.9 Å². The van der Waals surface area contributed by atoms with Crippen molar-refractivity contribution in [2.24, 2.45) is 0 Å². The van der Waals surface area contributed by atoms with Crippen LogP contribution in [0.25, 0.3) is 0 Å². The lowest BCUT2D eigenvalue weighted by Gasteiger charge is -2.02. The predicted octanol–water partition coefficient (Wildman–Crippen LogP) is 4.77. The Balaban J connectivity index is 0. The Bertz CT molecular complexity index is 289. The van der Waals surface area contributed by atoms with Gasteiger partial charge in [-0.15, -0.1) is 0 Å². The molecule has 0 amide bonds. The molecule has 5 nitrogen and oxygen atoms in total. The number of hydrogen-bond donors (Lipinski definition) is 1. The third kappa shape index (κ3) is 28.1. The van der Waals surface area contributed by atoms with Gasteiger partial charge in [-0.05, 0) is 20.3 Å². The van der Waals surface area contributed by atoms with Crippen molar-refractivity contribution >= 4 is 10.4 Å². The number of ether oxygens (including phenoxy) is 1. The highest BCUT2D eigenvalue weighted by atomic mass is 32.3. The van der Waals surface area contributed by atoms with Crippen molar-refractivity contribution < 1.29 is 21.9 Å². The summed E-state index contributed by atoms with van der Waals surface area (Å²) in [7, 11) is -4.23. The molecule has 0 aliphatic carbocycles. The minimum atomic E-state index is -4.23. The standard InChI is InChI=1S/C12H26O4S.C4H10O/c1-2-3-4-5-6-7-8-9-10-11-12-16-17(13,14)15;1-3-5-4-2/h2-12H2,1H3,(H,13,14,15);3-4H2,1-2H3. The number of rotatable bonds is 14. The molecular formula is C16H36O5S. The smallest absolute Gasteiger partial charge is 0.382 e. The van der Waals surface area contributed by atoms with Gasteiger partial charge in [0.25, 0.3) is 0 Å². The Kier molecular flexibility index (Phi) is 20.7. The fourth-order valence-corrected chi connectivity index (χ4v) is 2.29. The van der Waals surface area contributed by atoms with Crippen molar-refractivity contribution in [3.8, 4) is 0 Å². The maximum Gasteiger partial charge on any atom is 0.397 e. The Morgan fingerprint density at radius 3 is 1.45 bits per heavy atom. The largest absolute Gasteiger partial charge is 0.397 e. The van der Waals surface area contributed by atoms with Crippen LogP contribution in [0.4, 0.5) is 0 Å². The van der Waals surface area contributed by atoms with E-state index in [2.05, 4.69) is 11.1 Å². The summed E-state index contributed by atoms with van der Waals surface area (Å²) in [4.78, 5) is 0. The second-order valence-electron chi connectivity index (χ2n) is 5.21. The first-order valence-corrected chi connectivity index (χ1v) is 10.0. The van der Waals surface area contributed by atoms with Crippen molar-refractivity contribution in [3.05, 3.63) is 0 Å². The molecule has 0 atom stereocenters. The minimum Gasteiger partial charge on any atom is -0.382 e. The van der Waals surface area contributed by atoms with Crippen LogP contribution in [0.5, 0.6) is 0 Å². The Hall–Kier alpha value is -0.170. The van der Waals surface area contributed by atoms with Gasteiger partial charge in [-0.3, -0.25) is 4.55 Å². The lowest BCUT2D eigenvalue weighted by Crippen LogP contribution is -2.04. The fraction of sp³-hybridized carbons (Fsp3) is 1.00. The maximum absolute atomic E-state index is 10.2. The van der Waals surface area contributed by atoms with E-state index in [1.54, 1.807) is 0 Å². The van der Waals surface area contributed by atoms with Crippen LogP contribution in [0.3, 0.4) is 0 Å². The molecular weight excluding hydrogens is 304 g/mol. The summed E-state index contributed by atoms with van der Waals surface area (Å²) in [5.74, 6) is 0. The van der Waals surface area contributed by atoms with E-state index in [0.717, 1.165) is 26.1 Å². The molecule has 0 radical (unpaired) electrons. The molecule has 0 saturated heterocycles. The van der Waals surface area contributed by atoms with Crippen LogP contribution in [0.15, 0.2) is 0 Å². The summed E-state index contributed by atoms with van der Waals surface area (Å²) in [5, 5.41) is 0. The molecule has 0 unspecified atom stereocenters. The second-order valence-corrected chi connectivity index (χ2v) is 6.30. The van der Waals surface area contributed by atoms with Gasteiger partial charge in [0.05, 0.1) is 6.61 Å². The average molecular weight is 341 g/mol. The third-order valence-electron chi connectivity index (χ3n) is 3.14. The highest BCUT2D eigenvalue weighted by Crippen LogP contribution is 2.10. The fourth-order valence-electron chi connectivity index (χ4n) is 1.96. The van der Waals surface area contributed by atoms with E-state index in [1.807, 2.05) is 13.8 Å². The quantitative estimate of drug-likeness (QED) is 0.364. The van der Waals surface area contributed by atoms with Crippen molar-refractivity contribution in [3.63, 3.8) is 0 Å². The molecule has 0 aromatic carbocycles. The average Bonchev–Trinajstić information content (AvgIpc) is 2.45. The van der Waals surface area contributed by atoms with Gasteiger partial charge in [0.15, 0.2) is 0 Å². The Morgan fingerprint density at radius 1 is 0.727 bits per heavy atom. The van der Waals surface area contributed by atoms with E-state index >= 15 is 0 Å². The molecule has 6 heteroatoms. The number of hydrogen-bond acceptors (Lipinski definition) is 4. The zero-order chi connectivity index (χ0) is 17.1. The third-order valence-corrected chi connectivity index (χ3v) is 3.60. The van der Waals surface area contributed by atoms with Gasteiger partial charge >= 0.3 is 10.4 Å². The first-order valence-electron chi connectivity index (χ1n) is 8.67. The summed E-state index contributed by atoms with van der Waals surface area (Å²) in [5.41, 5.74) is 0. The van der Waals surface area contributed by atoms with Crippen molar-refractivity contribution in [2.45, 2.75) is 85.0 Å². The van der Waals surface area contributed by atoms with Gasteiger partial charge in [-0.25, -0.2) is 4.18 Å². The number of unbranched alkanes of at least 4 members (excludes halogenated alkanes) is 9. The minimum absolute atomic E-state index is 0.0926. The first-order chi connectivity index (χ1) is 10.5. The second kappa shape index (κ2) is 18.9. The Labute approximate surface area is 137 Å². The molecule has 0 aromatic rings. The summed E-state index contributed by atoms with van der Waals surface area (Å²) < 4.78 is 37.8. The van der Waals surface area contributed by atoms with Gasteiger partial charge in [0.2, 0.25) is 0 Å². The van der Waals surface area contributed by atoms with E-state index in [0.29, 0.717) is 6.42 Å². The van der Waals surface area contributed by atoms with Gasteiger partial charge in [0.1, 0.15) is 0 Å². The molecule has 0 bridgehead atoms. The van der Waals surface area contributed by atoms with E-state index in [-0.39, 0.29) is 6.61 Å². The zero-order valence-electron chi connectivity index (χ0n) is 14.7. The van der Waals surface area contributed by atoms with Gasteiger partial charge in [-0.2, -0.15) is 8.42 Å². The predicted molar refractivity (Wildman–Crippen MR) is 91.5 cm³/mol. The molecule has 22 heavy (non-hydrogen) atoms. The van der Waals surface area contributed by atoms with E-state index < -0.39 is 10.4 Å². The molecule has 0 spiro atoms. The van der Waals surface area contributed by atoms with Gasteiger partial charge < -0.3 is 4.74 Å². The summed E-state index contributed by atoms with van der Waals surface area (Å²) in [6, 6.07) is 0. The van der Waals surface area contributed by atoms with E-state index in [4.69, 9.17) is 9.29 Å². The first kappa shape index (κ1) is 24.1. The lowest BCUT2D eigenvalue weighted by atomic mass is 10.1. The van der Waals surface area contributed by atoms with Gasteiger partial charge in [-0.1, -0.05) is 64.7 Å². The summed E-state index contributed by atoms with van der Waals surface area (Å²) >= 11 is 0. The van der Waals surface area contributed by atoms with Crippen LogP contribution >= 0.6 is 0 Å². The molecule has 0 fully saturated rings. The molecule has 0 aromatic heterocycles. The zero-order valence-corrected chi connectivity index (χ0v) is 15.5. The molecule has 0 rings (SSSR count). The SMILES string of the molecule is CCCCCCCCCCCCOS(=O)(=O)O.CCOCC. The Morgan fingerprint density at radius 2 is 1.14 bits per heavy atom. The van der Waals surface area contributed by atoms with Crippen LogP contribution in [0.1, 0.15) is 85.0 Å². The molecule has 1 N–H and O–H groups in total. The summed E-state index contributed by atoms with van der Waals surface area (Å²) in [6.07, 6.45) is 11.9. The monoisotopic (exact) mass is 340 g/mol. The van der Waals surface area contributed by atoms with Gasteiger partial charge in [0, 0.05) is 13.2 Å². The van der Waals surface area contributed by atoms with Crippen LogP contribution in [0, 0.1) is 0 Å². The maximum atomic E-state index is 10.2. The van der Waals surface area contributed by atoms with Crippen molar-refractivity contribution in [1.29, 1.82) is 0 Å². The van der Waals surface area contributed by atoms with Crippen LogP contribution in [-0.2, 0) is 19.3 Å². The van der Waals surface area contributed by atoms with Crippen molar-refractivity contribution in [1.82, 2.24) is 0 Å². The lowest BCUT2D eigenvalue weighted by molar-refractivity contribution is 0.162. The van der Waals surface area contributed by atoms with E-state index in [9.17, 15) is 8.42 Å². The van der Waals surface area contributed by atoms with Crippen LogP contribution in [-0.4, -0.2) is 32.8 Å². The highest BCUT2D eigenvalue weighted by Gasteiger charge is 2.02. The van der Waals surface area contributed by atoms with Crippen LogP contribution < -0.4 is 0 Å². The summed E-state index contributed by atoms with van der Waals surface area (Å²) in [6.45, 7) is 7.98. The normalized spacial score (nSPS) is 11.1. The topological polar surface area (TPSA) is 72.8 Å². The van der Waals surface area contributed by atoms with Crippen molar-refractivity contribution in [2.75, 3.05) is 19.8 Å². The molecule has 0 aliphatic rings.